The molecular weight excluding hydrogens is 276 g/mol. The molecule has 0 aromatic rings. The summed E-state index contributed by atoms with van der Waals surface area (Å²) in [6.07, 6.45) is 0. The van der Waals surface area contributed by atoms with Gasteiger partial charge in [-0.1, -0.05) is 0 Å². The predicted molar refractivity (Wildman–Crippen MR) is 68.5 cm³/mol. The third-order valence-electron chi connectivity index (χ3n) is 1.84. The maximum atomic E-state index is 11.2. The number of carbonyl (C=O) groups is 4. The minimum Gasteiger partial charge on any atom is -0.480 e. The van der Waals surface area contributed by atoms with Gasteiger partial charge in [-0.25, -0.2) is 0 Å². The van der Waals surface area contributed by atoms with Gasteiger partial charge >= 0.3 is 5.97 Å². The first kappa shape index (κ1) is 17.2. The second-order valence-corrected chi connectivity index (χ2v) is 3.82. The number of carboxylic acid groups (broad SMARTS) is 1. The van der Waals surface area contributed by atoms with Gasteiger partial charge in [0, 0.05) is 5.75 Å². The molecule has 0 aromatic carbocycles. The summed E-state index contributed by atoms with van der Waals surface area (Å²) in [7, 11) is 0. The fourth-order valence-electron chi connectivity index (χ4n) is 0.859. The van der Waals surface area contributed by atoms with Crippen LogP contribution in [0.15, 0.2) is 0 Å². The highest BCUT2D eigenvalue weighted by molar-refractivity contribution is 7.80. The van der Waals surface area contributed by atoms with Crippen LogP contribution in [0.4, 0.5) is 0 Å². The lowest BCUT2D eigenvalue weighted by atomic mass is 10.3. The van der Waals surface area contributed by atoms with Gasteiger partial charge in [0.05, 0.1) is 19.1 Å². The van der Waals surface area contributed by atoms with Crippen LogP contribution in [0.25, 0.3) is 0 Å². The smallest absolute Gasteiger partial charge is 0.322 e. The number of carboxylic acids is 1. The Morgan fingerprint density at radius 2 is 1.47 bits per heavy atom. The summed E-state index contributed by atoms with van der Waals surface area (Å²) in [4.78, 5) is 43.6. The maximum absolute atomic E-state index is 11.2. The van der Waals surface area contributed by atoms with Crippen molar-refractivity contribution in [3.63, 3.8) is 0 Å². The van der Waals surface area contributed by atoms with E-state index in [9.17, 15) is 19.2 Å². The molecule has 0 aliphatic carbocycles. The topological polar surface area (TPSA) is 151 Å². The molecule has 0 unspecified atom stereocenters. The normalized spacial score (nSPS) is 11.3. The zero-order valence-electron chi connectivity index (χ0n) is 10.0. The molecular formula is C9H16N4O5S. The lowest BCUT2D eigenvalue weighted by Gasteiger charge is -2.09. The number of hydrogen-bond donors (Lipinski definition) is 6. The molecule has 0 fully saturated rings. The zero-order valence-corrected chi connectivity index (χ0v) is 10.9. The molecule has 108 valence electrons. The quantitative estimate of drug-likeness (QED) is 0.258. The van der Waals surface area contributed by atoms with Gasteiger partial charge in [0.1, 0.15) is 6.54 Å². The van der Waals surface area contributed by atoms with Gasteiger partial charge in [-0.2, -0.15) is 12.6 Å². The highest BCUT2D eigenvalue weighted by Crippen LogP contribution is 1.82. The second-order valence-electron chi connectivity index (χ2n) is 3.45. The summed E-state index contributed by atoms with van der Waals surface area (Å²) in [6.45, 7) is -1.23. The summed E-state index contributed by atoms with van der Waals surface area (Å²) in [5.74, 6) is -2.81. The molecule has 19 heavy (non-hydrogen) atoms. The summed E-state index contributed by atoms with van der Waals surface area (Å²) >= 11 is 3.82. The standard InChI is InChI=1S/C9H16N4O5S/c10-5(4-19)9(18)13-2-7(15)11-1-6(14)12-3-8(16)17/h5,19H,1-4,10H2,(H,11,15)(H,12,14)(H,13,18)(H,16,17)/t5-/m0/s1. The molecule has 0 heterocycles. The Hall–Kier alpha value is -1.81. The minimum atomic E-state index is -1.19. The summed E-state index contributed by atoms with van der Waals surface area (Å²) < 4.78 is 0. The first-order valence-corrected chi connectivity index (χ1v) is 5.89. The van der Waals surface area contributed by atoms with Crippen LogP contribution in [0.2, 0.25) is 0 Å². The predicted octanol–water partition coefficient (Wildman–Crippen LogP) is -3.32. The lowest BCUT2D eigenvalue weighted by molar-refractivity contribution is -0.137. The summed E-state index contributed by atoms with van der Waals surface area (Å²) in [5, 5.41) is 14.8. The molecule has 0 bridgehead atoms. The largest absolute Gasteiger partial charge is 0.480 e. The van der Waals surface area contributed by atoms with Gasteiger partial charge < -0.3 is 26.8 Å². The van der Waals surface area contributed by atoms with Gasteiger partial charge in [-0.3, -0.25) is 19.2 Å². The van der Waals surface area contributed by atoms with Crippen LogP contribution in [0.1, 0.15) is 0 Å². The third kappa shape index (κ3) is 8.85. The molecule has 0 aromatic heterocycles. The SMILES string of the molecule is N[C@@H](CS)C(=O)NCC(=O)NCC(=O)NCC(=O)O. The first-order valence-electron chi connectivity index (χ1n) is 5.26. The molecule has 0 aliphatic heterocycles. The minimum absolute atomic E-state index is 0.144. The van der Waals surface area contributed by atoms with Crippen molar-refractivity contribution in [1.29, 1.82) is 0 Å². The highest BCUT2D eigenvalue weighted by atomic mass is 32.1. The van der Waals surface area contributed by atoms with Crippen LogP contribution in [0.3, 0.4) is 0 Å². The van der Waals surface area contributed by atoms with Gasteiger partial charge in [0.25, 0.3) is 0 Å². The molecule has 0 saturated heterocycles. The van der Waals surface area contributed by atoms with Crippen molar-refractivity contribution in [1.82, 2.24) is 16.0 Å². The Morgan fingerprint density at radius 3 is 1.95 bits per heavy atom. The van der Waals surface area contributed by atoms with Gasteiger partial charge in [-0.15, -0.1) is 0 Å². The Morgan fingerprint density at radius 1 is 1.00 bits per heavy atom. The molecule has 0 aliphatic rings. The Balaban J connectivity index is 3.78. The van der Waals surface area contributed by atoms with Crippen LogP contribution in [0.5, 0.6) is 0 Å². The molecule has 9 nitrogen and oxygen atoms in total. The van der Waals surface area contributed by atoms with Crippen LogP contribution in [-0.4, -0.2) is 60.2 Å². The molecule has 3 amide bonds. The Bertz CT molecular complexity index is 363. The van der Waals surface area contributed by atoms with E-state index in [4.69, 9.17) is 10.8 Å². The van der Waals surface area contributed by atoms with E-state index in [1.54, 1.807) is 0 Å². The van der Waals surface area contributed by atoms with Crippen molar-refractivity contribution >= 4 is 36.3 Å². The molecule has 1 atom stereocenters. The van der Waals surface area contributed by atoms with Crippen molar-refractivity contribution in [2.24, 2.45) is 5.73 Å². The lowest BCUT2D eigenvalue weighted by Crippen LogP contribution is -2.47. The van der Waals surface area contributed by atoms with Crippen molar-refractivity contribution in [3.8, 4) is 0 Å². The van der Waals surface area contributed by atoms with E-state index >= 15 is 0 Å². The number of nitrogens with one attached hydrogen (secondary N) is 3. The van der Waals surface area contributed by atoms with Crippen LogP contribution < -0.4 is 21.7 Å². The van der Waals surface area contributed by atoms with E-state index in [-0.39, 0.29) is 18.8 Å². The average Bonchev–Trinajstić information content (AvgIpc) is 2.38. The van der Waals surface area contributed by atoms with Crippen LogP contribution in [0, 0.1) is 0 Å². The first-order chi connectivity index (χ1) is 8.86. The average molecular weight is 292 g/mol. The second kappa shape index (κ2) is 9.16. The molecule has 0 radical (unpaired) electrons. The van der Waals surface area contributed by atoms with Crippen molar-refractivity contribution < 1.29 is 24.3 Å². The number of amides is 3. The van der Waals surface area contributed by atoms with E-state index in [1.165, 1.54) is 0 Å². The molecule has 10 heteroatoms. The molecule has 0 saturated carbocycles. The van der Waals surface area contributed by atoms with E-state index in [1.807, 2.05) is 0 Å². The number of rotatable bonds is 8. The number of nitrogens with two attached hydrogens (primary N) is 1. The van der Waals surface area contributed by atoms with Gasteiger partial charge in [-0.05, 0) is 0 Å². The van der Waals surface area contributed by atoms with E-state index in [0.717, 1.165) is 0 Å². The molecule has 0 spiro atoms. The third-order valence-corrected chi connectivity index (χ3v) is 2.23. The van der Waals surface area contributed by atoms with E-state index < -0.39 is 36.3 Å². The summed E-state index contributed by atoms with van der Waals surface area (Å²) in [5.41, 5.74) is 5.35. The number of thiol groups is 1. The monoisotopic (exact) mass is 292 g/mol. The summed E-state index contributed by atoms with van der Waals surface area (Å²) in [6, 6.07) is -0.810. The van der Waals surface area contributed by atoms with Crippen molar-refractivity contribution in [3.05, 3.63) is 0 Å². The fourth-order valence-corrected chi connectivity index (χ4v) is 1.03. The maximum Gasteiger partial charge on any atom is 0.322 e. The Labute approximate surface area is 114 Å². The van der Waals surface area contributed by atoms with Gasteiger partial charge in [0.15, 0.2) is 0 Å². The number of hydrogen-bond acceptors (Lipinski definition) is 6. The van der Waals surface area contributed by atoms with Crippen molar-refractivity contribution in [2.45, 2.75) is 6.04 Å². The van der Waals surface area contributed by atoms with E-state index in [2.05, 4.69) is 28.6 Å². The van der Waals surface area contributed by atoms with Gasteiger partial charge in [0.2, 0.25) is 17.7 Å². The van der Waals surface area contributed by atoms with Crippen LogP contribution in [-0.2, 0) is 19.2 Å². The number of aliphatic carboxylic acids is 1. The highest BCUT2D eigenvalue weighted by Gasteiger charge is 2.12. The fraction of sp³-hybridized carbons (Fsp3) is 0.556. The zero-order chi connectivity index (χ0) is 14.8. The Kier molecular flexibility index (Phi) is 8.29. The molecule has 0 rings (SSSR count). The number of carbonyl (C=O) groups excluding carboxylic acids is 3. The van der Waals surface area contributed by atoms with Crippen LogP contribution >= 0.6 is 12.6 Å². The molecule has 6 N–H and O–H groups in total. The van der Waals surface area contributed by atoms with Crippen molar-refractivity contribution in [2.75, 3.05) is 25.4 Å². The van der Waals surface area contributed by atoms with E-state index in [0.29, 0.717) is 0 Å².